The second-order valence-electron chi connectivity index (χ2n) is 6.70. The summed E-state index contributed by atoms with van der Waals surface area (Å²) in [5.41, 5.74) is -0.200. The van der Waals surface area contributed by atoms with Crippen LogP contribution in [0.5, 0.6) is 0 Å². The van der Waals surface area contributed by atoms with Crippen LogP contribution in [0, 0.1) is 0 Å². The number of hydrogen-bond acceptors (Lipinski definition) is 5. The van der Waals surface area contributed by atoms with E-state index in [-0.39, 0.29) is 36.6 Å². The van der Waals surface area contributed by atoms with E-state index in [0.717, 1.165) is 12.1 Å². The number of carbonyl (C=O) groups is 1. The van der Waals surface area contributed by atoms with Gasteiger partial charge in [0.05, 0.1) is 30.1 Å². The van der Waals surface area contributed by atoms with Crippen LogP contribution in [-0.4, -0.2) is 45.0 Å². The smallest absolute Gasteiger partial charge is 0.416 e. The SMILES string of the molecule is O=C(Cc1cccc(C(F)(F)F)c1)OCc1cccc(S(=O)(=O)N2CCOCC2)c1. The van der Waals surface area contributed by atoms with E-state index in [1.807, 2.05) is 0 Å². The van der Waals surface area contributed by atoms with Gasteiger partial charge in [0.1, 0.15) is 6.61 Å². The van der Waals surface area contributed by atoms with Gasteiger partial charge in [-0.25, -0.2) is 8.42 Å². The highest BCUT2D eigenvalue weighted by Gasteiger charge is 2.30. The second kappa shape index (κ2) is 9.15. The van der Waals surface area contributed by atoms with Gasteiger partial charge in [-0.2, -0.15) is 17.5 Å². The molecule has 0 unspecified atom stereocenters. The third-order valence-corrected chi connectivity index (χ3v) is 6.40. The van der Waals surface area contributed by atoms with Gasteiger partial charge in [-0.15, -0.1) is 0 Å². The summed E-state index contributed by atoms with van der Waals surface area (Å²) in [5.74, 6) is -0.712. The molecule has 2 aromatic rings. The summed E-state index contributed by atoms with van der Waals surface area (Å²) in [5, 5.41) is 0. The summed E-state index contributed by atoms with van der Waals surface area (Å²) >= 11 is 0. The molecule has 0 aromatic heterocycles. The minimum atomic E-state index is -4.49. The highest BCUT2D eigenvalue weighted by Crippen LogP contribution is 2.29. The number of ether oxygens (including phenoxy) is 2. The number of hydrogen-bond donors (Lipinski definition) is 0. The summed E-state index contributed by atoms with van der Waals surface area (Å²) in [4.78, 5) is 12.1. The summed E-state index contributed by atoms with van der Waals surface area (Å²) in [7, 11) is -3.68. The number of alkyl halides is 3. The first-order valence-corrected chi connectivity index (χ1v) is 10.6. The number of carbonyl (C=O) groups excluding carboxylic acids is 1. The van der Waals surface area contributed by atoms with E-state index in [0.29, 0.717) is 18.8 Å². The molecule has 1 fully saturated rings. The predicted octanol–water partition coefficient (Wildman–Crippen LogP) is 3.01. The molecule has 1 aliphatic rings. The fourth-order valence-electron chi connectivity index (χ4n) is 2.97. The Hall–Kier alpha value is -2.43. The molecule has 0 radical (unpaired) electrons. The van der Waals surface area contributed by atoms with Crippen molar-refractivity contribution in [1.29, 1.82) is 0 Å². The lowest BCUT2D eigenvalue weighted by Crippen LogP contribution is -2.40. The van der Waals surface area contributed by atoms with E-state index in [1.165, 1.54) is 28.6 Å². The van der Waals surface area contributed by atoms with Crippen LogP contribution in [-0.2, 0) is 43.5 Å². The highest BCUT2D eigenvalue weighted by molar-refractivity contribution is 7.89. The van der Waals surface area contributed by atoms with Crippen LogP contribution in [0.2, 0.25) is 0 Å². The minimum absolute atomic E-state index is 0.0795. The molecule has 0 atom stereocenters. The van der Waals surface area contributed by atoms with Gasteiger partial charge in [0, 0.05) is 13.1 Å². The van der Waals surface area contributed by atoms with Crippen LogP contribution in [0.3, 0.4) is 0 Å². The zero-order chi connectivity index (χ0) is 21.8. The molecule has 0 amide bonds. The molecule has 1 saturated heterocycles. The Morgan fingerprint density at radius 3 is 2.40 bits per heavy atom. The van der Waals surface area contributed by atoms with Crippen molar-refractivity contribution in [2.75, 3.05) is 26.3 Å². The Morgan fingerprint density at radius 2 is 1.70 bits per heavy atom. The van der Waals surface area contributed by atoms with Gasteiger partial charge >= 0.3 is 12.1 Å². The lowest BCUT2D eigenvalue weighted by Gasteiger charge is -2.26. The van der Waals surface area contributed by atoms with Crippen molar-refractivity contribution in [3.8, 4) is 0 Å². The third-order valence-electron chi connectivity index (χ3n) is 4.51. The summed E-state index contributed by atoms with van der Waals surface area (Å²) in [6.07, 6.45) is -4.82. The molecule has 10 heteroatoms. The van der Waals surface area contributed by atoms with E-state index >= 15 is 0 Å². The van der Waals surface area contributed by atoms with Crippen LogP contribution in [0.1, 0.15) is 16.7 Å². The molecule has 0 aliphatic carbocycles. The standard InChI is InChI=1S/C20H20F3NO5S/c21-20(22,23)17-5-1-3-15(11-17)13-19(25)29-14-16-4-2-6-18(12-16)30(26,27)24-7-9-28-10-8-24/h1-6,11-12H,7-10,13-14H2. The van der Waals surface area contributed by atoms with Crippen molar-refractivity contribution < 1.29 is 35.9 Å². The lowest BCUT2D eigenvalue weighted by atomic mass is 10.1. The summed E-state index contributed by atoms with van der Waals surface area (Å²) < 4.78 is 75.3. The lowest BCUT2D eigenvalue weighted by molar-refractivity contribution is -0.144. The summed E-state index contributed by atoms with van der Waals surface area (Å²) in [6, 6.07) is 10.5. The molecule has 162 valence electrons. The number of benzene rings is 2. The maximum Gasteiger partial charge on any atom is 0.416 e. The number of nitrogens with zero attached hydrogens (tertiary/aromatic N) is 1. The van der Waals surface area contributed by atoms with Crippen molar-refractivity contribution in [2.45, 2.75) is 24.1 Å². The Labute approximate surface area is 172 Å². The Balaban J connectivity index is 1.62. The average molecular weight is 443 g/mol. The van der Waals surface area contributed by atoms with Gasteiger partial charge in [-0.05, 0) is 29.3 Å². The van der Waals surface area contributed by atoms with E-state index in [1.54, 1.807) is 12.1 Å². The number of rotatable bonds is 6. The minimum Gasteiger partial charge on any atom is -0.461 e. The fraction of sp³-hybridized carbons (Fsp3) is 0.350. The third kappa shape index (κ3) is 5.59. The van der Waals surface area contributed by atoms with Crippen molar-refractivity contribution >= 4 is 16.0 Å². The zero-order valence-corrected chi connectivity index (χ0v) is 16.7. The molecule has 0 N–H and O–H groups in total. The fourth-order valence-corrected chi connectivity index (χ4v) is 4.45. The Morgan fingerprint density at radius 1 is 1.03 bits per heavy atom. The molecule has 6 nitrogen and oxygen atoms in total. The van der Waals surface area contributed by atoms with Gasteiger partial charge in [0.15, 0.2) is 0 Å². The van der Waals surface area contributed by atoms with Crippen LogP contribution in [0.25, 0.3) is 0 Å². The average Bonchev–Trinajstić information content (AvgIpc) is 2.73. The molecular formula is C20H20F3NO5S. The van der Waals surface area contributed by atoms with Crippen molar-refractivity contribution in [1.82, 2.24) is 4.31 Å². The number of sulfonamides is 1. The van der Waals surface area contributed by atoms with Gasteiger partial charge < -0.3 is 9.47 Å². The Bertz CT molecular complexity index is 1000. The first-order chi connectivity index (χ1) is 14.2. The molecule has 1 heterocycles. The van der Waals surface area contributed by atoms with E-state index in [9.17, 15) is 26.4 Å². The van der Waals surface area contributed by atoms with Gasteiger partial charge in [0.25, 0.3) is 0 Å². The number of esters is 1. The molecule has 1 aliphatic heterocycles. The molecule has 2 aromatic carbocycles. The van der Waals surface area contributed by atoms with Gasteiger partial charge in [-0.1, -0.05) is 30.3 Å². The maximum absolute atomic E-state index is 12.8. The molecule has 0 spiro atoms. The van der Waals surface area contributed by atoms with Crippen LogP contribution in [0.15, 0.2) is 53.4 Å². The first-order valence-electron chi connectivity index (χ1n) is 9.15. The Kier molecular flexibility index (Phi) is 6.79. The largest absolute Gasteiger partial charge is 0.461 e. The van der Waals surface area contributed by atoms with E-state index in [4.69, 9.17) is 9.47 Å². The molecule has 30 heavy (non-hydrogen) atoms. The zero-order valence-electron chi connectivity index (χ0n) is 15.9. The van der Waals surface area contributed by atoms with Gasteiger partial charge in [-0.3, -0.25) is 4.79 Å². The van der Waals surface area contributed by atoms with Crippen molar-refractivity contribution in [3.63, 3.8) is 0 Å². The first kappa shape index (κ1) is 22.3. The predicted molar refractivity (Wildman–Crippen MR) is 101 cm³/mol. The maximum atomic E-state index is 12.8. The quantitative estimate of drug-likeness (QED) is 0.642. The van der Waals surface area contributed by atoms with Crippen LogP contribution >= 0.6 is 0 Å². The van der Waals surface area contributed by atoms with Gasteiger partial charge in [0.2, 0.25) is 10.0 Å². The normalized spacial score (nSPS) is 15.7. The molecule has 3 rings (SSSR count). The highest BCUT2D eigenvalue weighted by atomic mass is 32.2. The van der Waals surface area contributed by atoms with E-state index in [2.05, 4.69) is 0 Å². The second-order valence-corrected chi connectivity index (χ2v) is 8.64. The monoisotopic (exact) mass is 443 g/mol. The number of halogens is 3. The topological polar surface area (TPSA) is 72.9 Å². The molecular weight excluding hydrogens is 423 g/mol. The number of morpholine rings is 1. The van der Waals surface area contributed by atoms with Crippen molar-refractivity contribution in [3.05, 3.63) is 65.2 Å². The summed E-state index contributed by atoms with van der Waals surface area (Å²) in [6.45, 7) is 0.986. The molecule has 0 saturated carbocycles. The molecule has 0 bridgehead atoms. The van der Waals surface area contributed by atoms with E-state index < -0.39 is 27.7 Å². The van der Waals surface area contributed by atoms with Crippen LogP contribution in [0.4, 0.5) is 13.2 Å². The van der Waals surface area contributed by atoms with Crippen molar-refractivity contribution in [2.24, 2.45) is 0 Å². The van der Waals surface area contributed by atoms with Crippen LogP contribution < -0.4 is 0 Å².